The van der Waals surface area contributed by atoms with Crippen molar-refractivity contribution in [1.29, 1.82) is 0 Å². The van der Waals surface area contributed by atoms with Gasteiger partial charge in [-0.05, 0) is 12.0 Å². The number of aliphatic hydroxyl groups excluding tert-OH is 2. The van der Waals surface area contributed by atoms with Crippen LogP contribution < -0.4 is 11.5 Å². The SMILES string of the molecule is Nc1ncnc2c1ncn2[C@@H]1O[C@H](COP(=O)(O)OC[C@@H](N)Cc2ccccc2)[C@@H](O)[C@H]1O. The number of nitrogens with two attached hydrogens (primary N) is 2. The number of rotatable bonds is 9. The summed E-state index contributed by atoms with van der Waals surface area (Å²) in [6, 6.07) is 8.86. The third-order valence-corrected chi connectivity index (χ3v) is 6.14. The van der Waals surface area contributed by atoms with Crippen molar-refractivity contribution in [3.05, 3.63) is 48.5 Å². The molecule has 33 heavy (non-hydrogen) atoms. The third-order valence-electron chi connectivity index (χ3n) is 5.19. The van der Waals surface area contributed by atoms with Gasteiger partial charge < -0.3 is 31.3 Å². The van der Waals surface area contributed by atoms with Gasteiger partial charge in [0, 0.05) is 6.04 Å². The second kappa shape index (κ2) is 9.79. The van der Waals surface area contributed by atoms with Crippen LogP contribution in [0.1, 0.15) is 11.8 Å². The summed E-state index contributed by atoms with van der Waals surface area (Å²) in [5, 5.41) is 20.8. The number of ether oxygens (including phenoxy) is 1. The van der Waals surface area contributed by atoms with E-state index in [4.69, 9.17) is 25.3 Å². The first-order valence-electron chi connectivity index (χ1n) is 10.1. The number of aliphatic hydroxyl groups is 2. The summed E-state index contributed by atoms with van der Waals surface area (Å²) in [6.07, 6.45) is -1.97. The molecule has 7 N–H and O–H groups in total. The van der Waals surface area contributed by atoms with Crippen LogP contribution in [-0.2, 0) is 24.8 Å². The van der Waals surface area contributed by atoms with Gasteiger partial charge in [-0.3, -0.25) is 13.6 Å². The van der Waals surface area contributed by atoms with E-state index in [1.165, 1.54) is 17.2 Å². The van der Waals surface area contributed by atoms with Crippen molar-refractivity contribution >= 4 is 24.8 Å². The maximum Gasteiger partial charge on any atom is 0.472 e. The molecule has 178 valence electrons. The summed E-state index contributed by atoms with van der Waals surface area (Å²) >= 11 is 0. The number of benzene rings is 1. The van der Waals surface area contributed by atoms with Gasteiger partial charge in [0.15, 0.2) is 17.7 Å². The van der Waals surface area contributed by atoms with Crippen LogP contribution in [0, 0.1) is 0 Å². The first-order chi connectivity index (χ1) is 15.7. The lowest BCUT2D eigenvalue weighted by atomic mass is 10.1. The first-order valence-corrected chi connectivity index (χ1v) is 11.6. The average molecular weight is 480 g/mol. The van der Waals surface area contributed by atoms with Crippen LogP contribution in [0.25, 0.3) is 11.2 Å². The van der Waals surface area contributed by atoms with E-state index in [1.54, 1.807) is 0 Å². The molecule has 1 unspecified atom stereocenters. The molecule has 13 nitrogen and oxygen atoms in total. The molecule has 0 radical (unpaired) electrons. The quantitative estimate of drug-likeness (QED) is 0.251. The molecule has 0 saturated carbocycles. The molecule has 2 aromatic heterocycles. The zero-order chi connectivity index (χ0) is 23.6. The summed E-state index contributed by atoms with van der Waals surface area (Å²) in [5.74, 6) is 0.149. The Morgan fingerprint density at radius 1 is 1.15 bits per heavy atom. The van der Waals surface area contributed by atoms with Crippen LogP contribution in [0.4, 0.5) is 5.82 Å². The molecular weight excluding hydrogens is 455 g/mol. The van der Waals surface area contributed by atoms with Crippen LogP contribution in [0.3, 0.4) is 0 Å². The minimum absolute atomic E-state index is 0.149. The topological polar surface area (TPSA) is 201 Å². The van der Waals surface area contributed by atoms with Gasteiger partial charge in [-0.25, -0.2) is 19.5 Å². The summed E-state index contributed by atoms with van der Waals surface area (Å²) in [4.78, 5) is 22.0. The Kier molecular flexibility index (Phi) is 7.02. The van der Waals surface area contributed by atoms with E-state index in [-0.39, 0.29) is 12.4 Å². The number of hydrogen-bond acceptors (Lipinski definition) is 11. The van der Waals surface area contributed by atoms with E-state index < -0.39 is 45.0 Å². The zero-order valence-electron chi connectivity index (χ0n) is 17.4. The molecule has 3 heterocycles. The fourth-order valence-corrected chi connectivity index (χ4v) is 4.31. The average Bonchev–Trinajstić information content (AvgIpc) is 3.34. The molecule has 1 saturated heterocycles. The van der Waals surface area contributed by atoms with Crippen LogP contribution in [0.15, 0.2) is 43.0 Å². The highest BCUT2D eigenvalue weighted by Crippen LogP contribution is 2.44. The van der Waals surface area contributed by atoms with Gasteiger partial charge in [-0.1, -0.05) is 30.3 Å². The van der Waals surface area contributed by atoms with Crippen molar-refractivity contribution in [3.8, 4) is 0 Å². The fourth-order valence-electron chi connectivity index (χ4n) is 3.52. The van der Waals surface area contributed by atoms with Crippen molar-refractivity contribution in [1.82, 2.24) is 19.5 Å². The van der Waals surface area contributed by atoms with Crippen LogP contribution in [0.5, 0.6) is 0 Å². The smallest absolute Gasteiger partial charge is 0.387 e. The predicted molar refractivity (Wildman–Crippen MR) is 116 cm³/mol. The van der Waals surface area contributed by atoms with Gasteiger partial charge in [-0.15, -0.1) is 0 Å². The Balaban J connectivity index is 1.33. The number of phosphoric acid groups is 1. The number of aromatic nitrogens is 4. The molecule has 1 fully saturated rings. The Hall–Kier alpha value is -2.48. The van der Waals surface area contributed by atoms with Crippen molar-refractivity contribution in [2.24, 2.45) is 5.73 Å². The second-order valence-electron chi connectivity index (χ2n) is 7.64. The van der Waals surface area contributed by atoms with E-state index in [0.29, 0.717) is 17.6 Å². The maximum absolute atomic E-state index is 12.2. The molecule has 0 bridgehead atoms. The summed E-state index contributed by atoms with van der Waals surface area (Å²) in [6.45, 7) is -0.732. The van der Waals surface area contributed by atoms with E-state index in [0.717, 1.165) is 5.56 Å². The highest BCUT2D eigenvalue weighted by atomic mass is 31.2. The van der Waals surface area contributed by atoms with E-state index in [9.17, 15) is 19.7 Å². The number of hydrogen-bond donors (Lipinski definition) is 5. The Labute approximate surface area is 188 Å². The number of nitrogen functional groups attached to an aromatic ring is 1. The van der Waals surface area contributed by atoms with E-state index in [1.807, 2.05) is 30.3 Å². The van der Waals surface area contributed by atoms with Gasteiger partial charge in [-0.2, -0.15) is 0 Å². The van der Waals surface area contributed by atoms with Crippen LogP contribution in [-0.4, -0.2) is 72.2 Å². The molecular formula is C19H25N6O7P. The normalized spacial score (nSPS) is 25.8. The number of nitrogens with zero attached hydrogens (tertiary/aromatic N) is 4. The van der Waals surface area contributed by atoms with E-state index in [2.05, 4.69) is 15.0 Å². The lowest BCUT2D eigenvalue weighted by molar-refractivity contribution is -0.0515. The summed E-state index contributed by atoms with van der Waals surface area (Å²) in [7, 11) is -4.48. The minimum Gasteiger partial charge on any atom is -0.387 e. The highest BCUT2D eigenvalue weighted by Gasteiger charge is 2.45. The van der Waals surface area contributed by atoms with E-state index >= 15 is 0 Å². The Morgan fingerprint density at radius 3 is 2.67 bits per heavy atom. The molecule has 1 aromatic carbocycles. The summed E-state index contributed by atoms with van der Waals surface area (Å²) in [5.41, 5.74) is 13.3. The molecule has 1 aliphatic rings. The monoisotopic (exact) mass is 480 g/mol. The standard InChI is InChI=1S/C19H25N6O7P/c20-12(6-11-4-2-1-3-5-11)7-30-33(28,29)31-8-13-15(26)16(27)19(32-13)25-10-24-14-17(21)22-9-23-18(14)25/h1-5,9-10,12-13,15-16,19,26-27H,6-8,20H2,(H,28,29)(H2,21,22,23)/t12-,13+,15+,16+,19+/m0/s1. The van der Waals surface area contributed by atoms with Gasteiger partial charge in [0.1, 0.15) is 30.2 Å². The van der Waals surface area contributed by atoms with Crippen LogP contribution in [0.2, 0.25) is 0 Å². The number of imidazole rings is 1. The second-order valence-corrected chi connectivity index (χ2v) is 9.09. The van der Waals surface area contributed by atoms with Gasteiger partial charge in [0.25, 0.3) is 0 Å². The lowest BCUT2D eigenvalue weighted by Crippen LogP contribution is -2.34. The molecule has 0 aliphatic carbocycles. The molecule has 4 rings (SSSR count). The molecule has 0 spiro atoms. The lowest BCUT2D eigenvalue weighted by Gasteiger charge is -2.19. The van der Waals surface area contributed by atoms with Crippen molar-refractivity contribution in [2.45, 2.75) is 37.0 Å². The number of phosphoric ester groups is 1. The highest BCUT2D eigenvalue weighted by molar-refractivity contribution is 7.47. The Morgan fingerprint density at radius 2 is 1.91 bits per heavy atom. The maximum atomic E-state index is 12.2. The fraction of sp³-hybridized carbons (Fsp3) is 0.421. The zero-order valence-corrected chi connectivity index (χ0v) is 18.3. The Bertz CT molecular complexity index is 1130. The molecule has 0 amide bonds. The third kappa shape index (κ3) is 5.37. The van der Waals surface area contributed by atoms with Gasteiger partial charge >= 0.3 is 7.82 Å². The molecule has 1 aliphatic heterocycles. The largest absolute Gasteiger partial charge is 0.472 e. The molecule has 6 atom stereocenters. The van der Waals surface area contributed by atoms with Crippen LogP contribution >= 0.6 is 7.82 Å². The molecule has 3 aromatic rings. The van der Waals surface area contributed by atoms with Crippen molar-refractivity contribution in [3.63, 3.8) is 0 Å². The minimum atomic E-state index is -4.48. The summed E-state index contributed by atoms with van der Waals surface area (Å²) < 4.78 is 29.2. The predicted octanol–water partition coefficient (Wildman–Crippen LogP) is -0.269. The van der Waals surface area contributed by atoms with Crippen molar-refractivity contribution in [2.75, 3.05) is 18.9 Å². The number of fused-ring (bicyclic) bond motifs is 1. The first kappa shape index (κ1) is 23.7. The van der Waals surface area contributed by atoms with Gasteiger partial charge in [0.2, 0.25) is 0 Å². The van der Waals surface area contributed by atoms with Crippen molar-refractivity contribution < 1.29 is 33.5 Å². The number of anilines is 1. The molecule has 14 heteroatoms. The van der Waals surface area contributed by atoms with Gasteiger partial charge in [0.05, 0.1) is 19.5 Å².